The topological polar surface area (TPSA) is 287 Å². The predicted molar refractivity (Wildman–Crippen MR) is 150 cm³/mol. The monoisotopic (exact) mass is 742 g/mol. The number of anilines is 4. The number of nitrogens with zero attached hydrogens (tertiary/aromatic N) is 7. The number of hydrazone groups is 2. The average Bonchev–Trinajstić information content (AvgIpc) is 3.02. The van der Waals surface area contributed by atoms with Gasteiger partial charge >= 0.3 is 17.1 Å². The molecule has 0 bridgehead atoms. The van der Waals surface area contributed by atoms with Gasteiger partial charge in [-0.3, -0.25) is 9.97 Å². The molecule has 3 aromatic heterocycles. The Balaban J connectivity index is 0.000000845. The van der Waals surface area contributed by atoms with Gasteiger partial charge in [0, 0.05) is 12.4 Å². The molecule has 0 aliphatic heterocycles. The molecule has 0 amide bonds. The molecule has 0 unspecified atom stereocenters. The number of para-hydroxylation sites is 2. The second kappa shape index (κ2) is 20.7. The zero-order valence-electron chi connectivity index (χ0n) is 24.4. The number of hydrogen-bond acceptors (Lipinski definition) is 15. The maximum absolute atomic E-state index is 8.49. The van der Waals surface area contributed by atoms with Gasteiger partial charge in [-0.05, 0) is 60.7 Å². The third-order valence-corrected chi connectivity index (χ3v) is 5.14. The first kappa shape index (κ1) is 41.6. The van der Waals surface area contributed by atoms with E-state index in [1.807, 2.05) is 115 Å². The van der Waals surface area contributed by atoms with Crippen LogP contribution in [0.1, 0.15) is 11.4 Å². The van der Waals surface area contributed by atoms with E-state index in [9.17, 15) is 0 Å². The minimum absolute atomic E-state index is 0. The van der Waals surface area contributed by atoms with Crippen LogP contribution in [0, 0.1) is 20.5 Å². The molecule has 5 rings (SSSR count). The van der Waals surface area contributed by atoms with Gasteiger partial charge < -0.3 is 5.48 Å². The van der Waals surface area contributed by atoms with E-state index in [4.69, 9.17) is 52.5 Å². The molecule has 19 heteroatoms. The van der Waals surface area contributed by atoms with Gasteiger partial charge in [0.1, 0.15) is 0 Å². The molecule has 3 heterocycles. The van der Waals surface area contributed by atoms with E-state index in [1.54, 1.807) is 34.8 Å². The van der Waals surface area contributed by atoms with Crippen molar-refractivity contribution in [3.63, 3.8) is 0 Å². The van der Waals surface area contributed by atoms with Crippen LogP contribution in [-0.4, -0.2) is 27.4 Å². The van der Waals surface area contributed by atoms with Crippen molar-refractivity contribution >= 4 is 35.4 Å². The summed E-state index contributed by atoms with van der Waals surface area (Å²) in [5.74, 6) is 1.28. The van der Waals surface area contributed by atoms with Crippen molar-refractivity contribution in [1.29, 1.82) is 0 Å². The Morgan fingerprint density at radius 1 is 0.479 bits per heavy atom. The fourth-order valence-corrected chi connectivity index (χ4v) is 3.44. The number of rotatable bonds is 8. The van der Waals surface area contributed by atoms with Crippen molar-refractivity contribution in [3.05, 3.63) is 139 Å². The summed E-state index contributed by atoms with van der Waals surface area (Å²) < 4.78 is 67.9. The maximum Gasteiger partial charge on any atom is 2.00 e. The van der Waals surface area contributed by atoms with Crippen molar-refractivity contribution in [2.24, 2.45) is 10.2 Å². The van der Waals surface area contributed by atoms with Crippen LogP contribution in [0.4, 0.5) is 23.0 Å². The standard InChI is InChI=1S/C29H23N7.2ClHO4.Fe.H2O/c1-3-14-26(15-4-1)35(32-22-24-12-7-9-20-30-24)28-18-11-19-29(34-28)36(27-16-5-2-6-17-27)33-23-25-13-8-10-21-31-25;2*2-1(3,4)5;;/h1-23H;2*(H,2,3,4,5);;1H2/q;;;+2;/p-1/b32-22+,33-23+;;;;. The minimum Gasteiger partial charge on any atom is -0.457 e. The minimum atomic E-state index is -4.94. The fourth-order valence-electron chi connectivity index (χ4n) is 3.44. The first-order chi connectivity index (χ1) is 21.9. The summed E-state index contributed by atoms with van der Waals surface area (Å²) in [5, 5.41) is 13.0. The molecule has 2 aromatic carbocycles. The normalized spacial score (nSPS) is 10.8. The first-order valence-electron chi connectivity index (χ1n) is 12.7. The summed E-state index contributed by atoms with van der Waals surface area (Å²) in [6.45, 7) is 0. The fraction of sp³-hybridized carbons (Fsp3) is 0. The number of benzene rings is 2. The number of hydrogen-bond donors (Lipinski definition) is 0. The molecular weight excluding hydrogens is 717 g/mol. The van der Waals surface area contributed by atoms with Gasteiger partial charge in [-0.25, -0.2) is 52.3 Å². The quantitative estimate of drug-likeness (QED) is 0.0631. The van der Waals surface area contributed by atoms with Gasteiger partial charge in [0.2, 0.25) is 0 Å². The zero-order chi connectivity index (χ0) is 33.4. The summed E-state index contributed by atoms with van der Waals surface area (Å²) in [6.07, 6.45) is 6.92. The van der Waals surface area contributed by atoms with Crippen LogP contribution in [0.2, 0.25) is 0 Å². The molecule has 0 atom stereocenters. The van der Waals surface area contributed by atoms with E-state index in [2.05, 4.69) is 9.97 Å². The molecule has 0 saturated carbocycles. The third kappa shape index (κ3) is 16.9. The third-order valence-electron chi connectivity index (χ3n) is 5.14. The molecule has 3 N–H and O–H groups in total. The van der Waals surface area contributed by atoms with Crippen LogP contribution in [-0.2, 0) is 22.5 Å². The van der Waals surface area contributed by atoms with Crippen molar-refractivity contribution in [2.75, 3.05) is 10.0 Å². The van der Waals surface area contributed by atoms with Crippen LogP contribution < -0.4 is 47.3 Å². The molecule has 48 heavy (non-hydrogen) atoms. The van der Waals surface area contributed by atoms with E-state index in [0.717, 1.165) is 22.8 Å². The Morgan fingerprint density at radius 2 is 0.812 bits per heavy atom. The maximum atomic E-state index is 8.49. The Kier molecular flexibility index (Phi) is 18.0. The SMILES string of the molecule is C(=N\N(c1ccccc1)c1cccc(N(/N=C/c2ccccn2)c2ccccc2)n1)/c1ccccn1.[Fe+2].[O-][Cl+3]([O-])([O-])[O-].[O-][Cl+3]([O-])([O-])[O-].[OH3+]. The molecule has 16 nitrogen and oxygen atoms in total. The van der Waals surface area contributed by atoms with E-state index in [0.29, 0.717) is 11.6 Å². The summed E-state index contributed by atoms with van der Waals surface area (Å²) >= 11 is 0. The van der Waals surface area contributed by atoms with Gasteiger partial charge in [-0.2, -0.15) is 10.2 Å². The predicted octanol–water partition coefficient (Wildman–Crippen LogP) is -4.22. The smallest absolute Gasteiger partial charge is 0.457 e. The Hall–Kier alpha value is -4.43. The van der Waals surface area contributed by atoms with E-state index in [1.165, 1.54) is 0 Å². The molecule has 252 valence electrons. The van der Waals surface area contributed by atoms with Gasteiger partial charge in [-0.1, -0.05) is 54.6 Å². The first-order valence-corrected chi connectivity index (χ1v) is 15.1. The average molecular weight is 743 g/mol. The molecule has 0 fully saturated rings. The Labute approximate surface area is 289 Å². The van der Waals surface area contributed by atoms with Gasteiger partial charge in [-0.15, -0.1) is 20.5 Å². The van der Waals surface area contributed by atoms with Gasteiger partial charge in [0.25, 0.3) is 0 Å². The molecule has 0 saturated heterocycles. The van der Waals surface area contributed by atoms with Crippen LogP contribution in [0.15, 0.2) is 138 Å². The van der Waals surface area contributed by atoms with E-state index >= 15 is 0 Å². The van der Waals surface area contributed by atoms with Gasteiger partial charge in [0.05, 0.1) is 35.2 Å². The molecule has 0 aliphatic rings. The molecule has 5 aromatic rings. The van der Waals surface area contributed by atoms with Crippen LogP contribution >= 0.6 is 0 Å². The second-order valence-electron chi connectivity index (χ2n) is 8.40. The molecular formula is C29H26Cl2FeN7O9+. The molecule has 0 spiro atoms. The van der Waals surface area contributed by atoms with Crippen molar-refractivity contribution in [2.45, 2.75) is 0 Å². The van der Waals surface area contributed by atoms with Crippen LogP contribution in [0.3, 0.4) is 0 Å². The summed E-state index contributed by atoms with van der Waals surface area (Å²) in [5.41, 5.74) is 3.25. The molecule has 0 radical (unpaired) electrons. The number of halogens is 2. The van der Waals surface area contributed by atoms with Crippen molar-refractivity contribution < 1.29 is 80.3 Å². The van der Waals surface area contributed by atoms with E-state index in [-0.39, 0.29) is 22.5 Å². The van der Waals surface area contributed by atoms with Crippen LogP contribution in [0.5, 0.6) is 0 Å². The largest absolute Gasteiger partial charge is 2.00 e. The zero-order valence-corrected chi connectivity index (χ0v) is 27.0. The van der Waals surface area contributed by atoms with Crippen molar-refractivity contribution in [1.82, 2.24) is 15.0 Å². The number of pyridine rings is 3. The summed E-state index contributed by atoms with van der Waals surface area (Å²) in [6, 6.07) is 36.9. The van der Waals surface area contributed by atoms with Crippen LogP contribution in [0.25, 0.3) is 0 Å². The Bertz CT molecular complexity index is 1520. The van der Waals surface area contributed by atoms with E-state index < -0.39 is 20.5 Å². The summed E-state index contributed by atoms with van der Waals surface area (Å²) in [7, 11) is -9.89. The number of aromatic nitrogens is 3. The summed E-state index contributed by atoms with van der Waals surface area (Å²) in [4.78, 5) is 13.6. The van der Waals surface area contributed by atoms with Crippen molar-refractivity contribution in [3.8, 4) is 0 Å². The van der Waals surface area contributed by atoms with Gasteiger partial charge in [0.15, 0.2) is 11.6 Å². The second-order valence-corrected chi connectivity index (χ2v) is 9.91. The molecule has 0 aliphatic carbocycles. The Morgan fingerprint density at radius 3 is 1.12 bits per heavy atom.